The first kappa shape index (κ1) is 16.8. The maximum atomic E-state index is 12.4. The van der Waals surface area contributed by atoms with E-state index >= 15 is 0 Å². The van der Waals surface area contributed by atoms with Crippen LogP contribution in [0, 0.1) is 5.41 Å². The van der Waals surface area contributed by atoms with E-state index in [1.54, 1.807) is 0 Å². The average molecular weight is 301 g/mol. The highest BCUT2D eigenvalue weighted by Crippen LogP contribution is 2.35. The minimum atomic E-state index is -0.112. The molecule has 3 heteroatoms. The molecule has 0 aromatic heterocycles. The third-order valence-electron chi connectivity index (χ3n) is 4.69. The quantitative estimate of drug-likeness (QED) is 0.790. The number of carbonyl (C=O) groups excluding carboxylic acids is 1. The smallest absolute Gasteiger partial charge is 0.247 e. The third kappa shape index (κ3) is 4.44. The maximum Gasteiger partial charge on any atom is 0.247 e. The standard InChI is InChI=1S/C19H27NO2/c1-2-17(13-16-9-5-3-6-10-16)18(22)20-14-19(15-21)11-7-4-8-12-19/h3,5-6,9-10,13,21H,2,4,7-8,11-12,14-15H2,1H3,(H,20,22)/b17-13+. The largest absolute Gasteiger partial charge is 0.396 e. The summed E-state index contributed by atoms with van der Waals surface area (Å²) >= 11 is 0. The van der Waals surface area contributed by atoms with Gasteiger partial charge in [0.05, 0.1) is 6.61 Å². The Balaban J connectivity index is 1.99. The van der Waals surface area contributed by atoms with E-state index in [1.807, 2.05) is 43.3 Å². The summed E-state index contributed by atoms with van der Waals surface area (Å²) in [6, 6.07) is 9.91. The predicted octanol–water partition coefficient (Wildman–Crippen LogP) is 3.54. The lowest BCUT2D eigenvalue weighted by Gasteiger charge is -2.35. The first-order valence-corrected chi connectivity index (χ1v) is 8.34. The van der Waals surface area contributed by atoms with Crippen molar-refractivity contribution < 1.29 is 9.90 Å². The fourth-order valence-corrected chi connectivity index (χ4v) is 3.15. The normalized spacial score (nSPS) is 18.0. The highest BCUT2D eigenvalue weighted by Gasteiger charge is 2.31. The molecule has 0 atom stereocenters. The van der Waals surface area contributed by atoms with E-state index in [0.29, 0.717) is 13.0 Å². The minimum absolute atomic E-state index is 0.00949. The summed E-state index contributed by atoms with van der Waals surface area (Å²) < 4.78 is 0. The average Bonchev–Trinajstić information content (AvgIpc) is 2.59. The van der Waals surface area contributed by atoms with Gasteiger partial charge in [0.2, 0.25) is 5.91 Å². The molecular formula is C19H27NO2. The van der Waals surface area contributed by atoms with Crippen LogP contribution >= 0.6 is 0 Å². The molecule has 1 aliphatic rings. The minimum Gasteiger partial charge on any atom is -0.396 e. The number of aliphatic hydroxyl groups excluding tert-OH is 1. The molecule has 0 spiro atoms. The number of aliphatic hydroxyl groups is 1. The van der Waals surface area contributed by atoms with Gasteiger partial charge in [-0.05, 0) is 30.9 Å². The lowest BCUT2D eigenvalue weighted by molar-refractivity contribution is -0.118. The summed E-state index contributed by atoms with van der Waals surface area (Å²) in [5.74, 6) is -0.00949. The highest BCUT2D eigenvalue weighted by atomic mass is 16.3. The number of hydrogen-bond donors (Lipinski definition) is 2. The molecule has 3 nitrogen and oxygen atoms in total. The van der Waals surface area contributed by atoms with Crippen LogP contribution in [-0.4, -0.2) is 24.2 Å². The molecule has 2 N–H and O–H groups in total. The molecule has 1 amide bonds. The Morgan fingerprint density at radius 3 is 2.50 bits per heavy atom. The fourth-order valence-electron chi connectivity index (χ4n) is 3.15. The van der Waals surface area contributed by atoms with E-state index < -0.39 is 0 Å². The lowest BCUT2D eigenvalue weighted by Crippen LogP contribution is -2.41. The SMILES string of the molecule is CC/C(=C\c1ccccc1)C(=O)NCC1(CO)CCCCC1. The van der Waals surface area contributed by atoms with Gasteiger partial charge in [-0.25, -0.2) is 0 Å². The van der Waals surface area contributed by atoms with Crippen molar-refractivity contribution >= 4 is 12.0 Å². The number of hydrogen-bond acceptors (Lipinski definition) is 2. The second-order valence-electron chi connectivity index (χ2n) is 6.34. The second-order valence-corrected chi connectivity index (χ2v) is 6.34. The second kappa shape index (κ2) is 8.14. The molecule has 0 saturated heterocycles. The first-order chi connectivity index (χ1) is 10.7. The van der Waals surface area contributed by atoms with Crippen molar-refractivity contribution in [2.45, 2.75) is 45.4 Å². The number of rotatable bonds is 6. The van der Waals surface area contributed by atoms with Crippen LogP contribution in [0.4, 0.5) is 0 Å². The summed E-state index contributed by atoms with van der Waals surface area (Å²) in [6.45, 7) is 2.74. The summed E-state index contributed by atoms with van der Waals surface area (Å²) in [7, 11) is 0. The van der Waals surface area contributed by atoms with Crippen molar-refractivity contribution in [2.24, 2.45) is 5.41 Å². The fraction of sp³-hybridized carbons (Fsp3) is 0.526. The van der Waals surface area contributed by atoms with E-state index in [9.17, 15) is 9.90 Å². The van der Waals surface area contributed by atoms with Crippen molar-refractivity contribution in [3.63, 3.8) is 0 Å². The molecule has 0 radical (unpaired) electrons. The molecule has 22 heavy (non-hydrogen) atoms. The number of carbonyl (C=O) groups is 1. The number of nitrogens with one attached hydrogen (secondary N) is 1. The number of benzene rings is 1. The third-order valence-corrected chi connectivity index (χ3v) is 4.69. The Kier molecular flexibility index (Phi) is 6.20. The Morgan fingerprint density at radius 2 is 1.91 bits per heavy atom. The van der Waals surface area contributed by atoms with Crippen molar-refractivity contribution in [1.82, 2.24) is 5.32 Å². The Labute approximate surface area is 133 Å². The van der Waals surface area contributed by atoms with E-state index in [2.05, 4.69) is 5.32 Å². The molecule has 0 unspecified atom stereocenters. The maximum absolute atomic E-state index is 12.4. The van der Waals surface area contributed by atoms with Crippen LogP contribution in [0.2, 0.25) is 0 Å². The van der Waals surface area contributed by atoms with Gasteiger partial charge in [-0.15, -0.1) is 0 Å². The topological polar surface area (TPSA) is 49.3 Å². The van der Waals surface area contributed by atoms with Crippen molar-refractivity contribution in [3.8, 4) is 0 Å². The predicted molar refractivity (Wildman–Crippen MR) is 90.3 cm³/mol. The van der Waals surface area contributed by atoms with Crippen molar-refractivity contribution in [2.75, 3.05) is 13.2 Å². The van der Waals surface area contributed by atoms with Crippen LogP contribution in [-0.2, 0) is 4.79 Å². The van der Waals surface area contributed by atoms with Crippen molar-refractivity contribution in [3.05, 3.63) is 41.5 Å². The molecule has 120 valence electrons. The Bertz CT molecular complexity index is 501. The molecule has 1 aromatic carbocycles. The zero-order chi connectivity index (χ0) is 15.8. The molecule has 0 aliphatic heterocycles. The van der Waals surface area contributed by atoms with Gasteiger partial charge in [0.1, 0.15) is 0 Å². The van der Waals surface area contributed by atoms with Gasteiger partial charge in [0.15, 0.2) is 0 Å². The van der Waals surface area contributed by atoms with Crippen LogP contribution < -0.4 is 5.32 Å². The van der Waals surface area contributed by atoms with Crippen LogP contribution in [0.1, 0.15) is 51.0 Å². The molecule has 1 aliphatic carbocycles. The Hall–Kier alpha value is -1.61. The highest BCUT2D eigenvalue weighted by molar-refractivity contribution is 5.97. The summed E-state index contributed by atoms with van der Waals surface area (Å²) in [6.07, 6.45) is 8.20. The molecule has 1 fully saturated rings. The van der Waals surface area contributed by atoms with E-state index in [1.165, 1.54) is 6.42 Å². The molecular weight excluding hydrogens is 274 g/mol. The van der Waals surface area contributed by atoms with Gasteiger partial charge in [-0.3, -0.25) is 4.79 Å². The first-order valence-electron chi connectivity index (χ1n) is 8.34. The van der Waals surface area contributed by atoms with E-state index in [4.69, 9.17) is 0 Å². The van der Waals surface area contributed by atoms with Crippen LogP contribution in [0.3, 0.4) is 0 Å². The zero-order valence-corrected chi connectivity index (χ0v) is 13.5. The molecule has 2 rings (SSSR count). The Morgan fingerprint density at radius 1 is 1.23 bits per heavy atom. The zero-order valence-electron chi connectivity index (χ0n) is 13.5. The molecule has 1 aromatic rings. The lowest BCUT2D eigenvalue weighted by atomic mass is 9.74. The van der Waals surface area contributed by atoms with Gasteiger partial charge in [-0.1, -0.05) is 56.5 Å². The molecule has 0 bridgehead atoms. The van der Waals surface area contributed by atoms with Gasteiger partial charge < -0.3 is 10.4 Å². The van der Waals surface area contributed by atoms with E-state index in [0.717, 1.165) is 36.8 Å². The summed E-state index contributed by atoms with van der Waals surface area (Å²) in [5.41, 5.74) is 1.72. The van der Waals surface area contributed by atoms with Crippen LogP contribution in [0.5, 0.6) is 0 Å². The van der Waals surface area contributed by atoms with Gasteiger partial charge in [-0.2, -0.15) is 0 Å². The van der Waals surface area contributed by atoms with Gasteiger partial charge in [0, 0.05) is 17.5 Å². The number of amides is 1. The van der Waals surface area contributed by atoms with Gasteiger partial charge >= 0.3 is 0 Å². The molecule has 0 heterocycles. The van der Waals surface area contributed by atoms with Gasteiger partial charge in [0.25, 0.3) is 0 Å². The summed E-state index contributed by atoms with van der Waals surface area (Å²) in [4.78, 5) is 12.4. The van der Waals surface area contributed by atoms with Crippen molar-refractivity contribution in [1.29, 1.82) is 0 Å². The molecule has 1 saturated carbocycles. The van der Waals surface area contributed by atoms with Crippen LogP contribution in [0.15, 0.2) is 35.9 Å². The van der Waals surface area contributed by atoms with E-state index in [-0.39, 0.29) is 17.9 Å². The summed E-state index contributed by atoms with van der Waals surface area (Å²) in [5, 5.41) is 12.8. The van der Waals surface area contributed by atoms with Crippen LogP contribution in [0.25, 0.3) is 6.08 Å². The monoisotopic (exact) mass is 301 g/mol.